The number of pyridine rings is 1. The van der Waals surface area contributed by atoms with E-state index in [9.17, 15) is 13.6 Å². The molecule has 1 heterocycles. The molecular formula is C17H20F2N4OS. The van der Waals surface area contributed by atoms with Gasteiger partial charge in [-0.05, 0) is 36.2 Å². The van der Waals surface area contributed by atoms with E-state index in [-0.39, 0.29) is 12.3 Å². The van der Waals surface area contributed by atoms with Gasteiger partial charge in [0.15, 0.2) is 0 Å². The molecule has 0 fully saturated rings. The highest BCUT2D eigenvalue weighted by molar-refractivity contribution is 7.95. The third-order valence-electron chi connectivity index (χ3n) is 3.35. The number of amides is 1. The second-order valence-electron chi connectivity index (χ2n) is 5.63. The Morgan fingerprint density at radius 2 is 1.96 bits per heavy atom. The summed E-state index contributed by atoms with van der Waals surface area (Å²) in [6.07, 6.45) is 1.87. The number of halogens is 2. The summed E-state index contributed by atoms with van der Waals surface area (Å²) in [4.78, 5) is 17.9. The summed E-state index contributed by atoms with van der Waals surface area (Å²) in [5.74, 6) is -1.50. The predicted molar refractivity (Wildman–Crippen MR) is 94.3 cm³/mol. The number of rotatable bonds is 8. The van der Waals surface area contributed by atoms with Gasteiger partial charge in [0.1, 0.15) is 17.7 Å². The second kappa shape index (κ2) is 9.45. The van der Waals surface area contributed by atoms with Crippen molar-refractivity contribution < 1.29 is 13.6 Å². The molecule has 0 spiro atoms. The van der Waals surface area contributed by atoms with Gasteiger partial charge in [-0.1, -0.05) is 6.07 Å². The van der Waals surface area contributed by atoms with E-state index in [4.69, 9.17) is 0 Å². The largest absolute Gasteiger partial charge is 0.347 e. The number of benzene rings is 1. The summed E-state index contributed by atoms with van der Waals surface area (Å²) in [7, 11) is 3.27. The average Bonchev–Trinajstić information content (AvgIpc) is 2.57. The van der Waals surface area contributed by atoms with Crippen LogP contribution in [0, 0.1) is 11.6 Å². The Kier molecular flexibility index (Phi) is 7.30. The highest BCUT2D eigenvalue weighted by Crippen LogP contribution is 2.12. The Balaban J connectivity index is 1.94. The number of hydrogen-bond acceptors (Lipinski definition) is 5. The van der Waals surface area contributed by atoms with E-state index in [1.165, 1.54) is 17.0 Å². The molecular weight excluding hydrogens is 346 g/mol. The van der Waals surface area contributed by atoms with Gasteiger partial charge in [0.05, 0.1) is 5.69 Å². The van der Waals surface area contributed by atoms with E-state index in [0.29, 0.717) is 12.1 Å². The van der Waals surface area contributed by atoms with Gasteiger partial charge in [0.25, 0.3) is 0 Å². The van der Waals surface area contributed by atoms with Crippen LogP contribution < -0.4 is 9.44 Å². The molecule has 0 bridgehead atoms. The summed E-state index contributed by atoms with van der Waals surface area (Å²) < 4.78 is 32.8. The lowest BCUT2D eigenvalue weighted by atomic mass is 10.1. The highest BCUT2D eigenvalue weighted by Gasteiger charge is 2.21. The van der Waals surface area contributed by atoms with Crippen LogP contribution in [0.15, 0.2) is 42.6 Å². The minimum Gasteiger partial charge on any atom is -0.347 e. The Hall–Kier alpha value is -2.03. The zero-order valence-electron chi connectivity index (χ0n) is 14.0. The molecule has 1 aromatic heterocycles. The van der Waals surface area contributed by atoms with Crippen LogP contribution in [0.4, 0.5) is 8.78 Å². The fourth-order valence-electron chi connectivity index (χ4n) is 2.18. The van der Waals surface area contributed by atoms with Crippen LogP contribution >= 0.6 is 12.1 Å². The van der Waals surface area contributed by atoms with Gasteiger partial charge in [0.2, 0.25) is 5.91 Å². The molecule has 0 aliphatic heterocycles. The van der Waals surface area contributed by atoms with Gasteiger partial charge in [-0.3, -0.25) is 9.78 Å². The van der Waals surface area contributed by atoms with Crippen molar-refractivity contribution in [1.29, 1.82) is 0 Å². The highest BCUT2D eigenvalue weighted by atomic mass is 32.2. The van der Waals surface area contributed by atoms with Gasteiger partial charge in [-0.15, -0.1) is 0 Å². The van der Waals surface area contributed by atoms with E-state index >= 15 is 0 Å². The van der Waals surface area contributed by atoms with Crippen molar-refractivity contribution in [2.75, 3.05) is 14.1 Å². The first-order valence-corrected chi connectivity index (χ1v) is 8.47. The van der Waals surface area contributed by atoms with Crippen LogP contribution in [0.2, 0.25) is 0 Å². The lowest BCUT2D eigenvalue weighted by Gasteiger charge is -2.21. The van der Waals surface area contributed by atoms with Gasteiger partial charge >= 0.3 is 0 Å². The average molecular weight is 366 g/mol. The van der Waals surface area contributed by atoms with E-state index in [0.717, 1.165) is 23.9 Å². The molecule has 2 N–H and O–H groups in total. The summed E-state index contributed by atoms with van der Waals surface area (Å²) in [5, 5.41) is 0. The fourth-order valence-corrected chi connectivity index (χ4v) is 2.81. The standard InChI is InChI=1S/C17H20F2N4OS/c1-23(2)17(24)16(9-12-7-13(18)10-14(19)8-12)22-25-21-11-15-5-3-4-6-20-15/h3-8,10,16,21-22H,9,11H2,1-2H3. The number of aromatic nitrogens is 1. The first-order chi connectivity index (χ1) is 12.0. The SMILES string of the molecule is CN(C)C(=O)C(Cc1cc(F)cc(F)c1)NSNCc1ccccn1. The van der Waals surface area contributed by atoms with Crippen molar-refractivity contribution in [2.24, 2.45) is 0 Å². The normalized spacial score (nSPS) is 12.0. The summed E-state index contributed by atoms with van der Waals surface area (Å²) >= 11 is 1.15. The Labute approximate surface area is 150 Å². The van der Waals surface area contributed by atoms with Crippen LogP contribution in [-0.4, -0.2) is 35.9 Å². The number of nitrogens with one attached hydrogen (secondary N) is 2. The molecule has 2 rings (SSSR count). The van der Waals surface area contributed by atoms with Crippen LogP contribution in [0.3, 0.4) is 0 Å². The zero-order valence-corrected chi connectivity index (χ0v) is 14.8. The Bertz CT molecular complexity index is 680. The summed E-state index contributed by atoms with van der Waals surface area (Å²) in [5.41, 5.74) is 1.27. The monoisotopic (exact) mass is 366 g/mol. The molecule has 8 heteroatoms. The molecule has 0 saturated heterocycles. The van der Waals surface area contributed by atoms with Crippen molar-refractivity contribution in [3.05, 3.63) is 65.5 Å². The Morgan fingerprint density at radius 1 is 1.24 bits per heavy atom. The first kappa shape index (κ1) is 19.3. The van der Waals surface area contributed by atoms with Crippen molar-refractivity contribution >= 4 is 18.0 Å². The van der Waals surface area contributed by atoms with Gasteiger partial charge in [-0.2, -0.15) is 0 Å². The number of hydrogen-bond donors (Lipinski definition) is 2. The maximum Gasteiger partial charge on any atom is 0.240 e. The quantitative estimate of drug-likeness (QED) is 0.555. The van der Waals surface area contributed by atoms with Crippen molar-refractivity contribution in [3.8, 4) is 0 Å². The predicted octanol–water partition coefficient (Wildman–Crippen LogP) is 2.30. The van der Waals surface area contributed by atoms with E-state index in [1.54, 1.807) is 20.3 Å². The molecule has 134 valence electrons. The van der Waals surface area contributed by atoms with Crippen LogP contribution in [0.1, 0.15) is 11.3 Å². The number of likely N-dealkylation sites (N-methyl/N-ethyl adjacent to an activating group) is 1. The molecule has 2 aromatic rings. The van der Waals surface area contributed by atoms with Crippen LogP contribution in [-0.2, 0) is 17.8 Å². The molecule has 5 nitrogen and oxygen atoms in total. The molecule has 0 aliphatic carbocycles. The Morgan fingerprint density at radius 3 is 2.56 bits per heavy atom. The molecule has 0 radical (unpaired) electrons. The lowest BCUT2D eigenvalue weighted by molar-refractivity contribution is -0.130. The van der Waals surface area contributed by atoms with Crippen molar-refractivity contribution in [3.63, 3.8) is 0 Å². The first-order valence-electron chi connectivity index (χ1n) is 7.66. The molecule has 1 amide bonds. The van der Waals surface area contributed by atoms with Crippen LogP contribution in [0.25, 0.3) is 0 Å². The smallest absolute Gasteiger partial charge is 0.240 e. The van der Waals surface area contributed by atoms with E-state index in [2.05, 4.69) is 14.4 Å². The molecule has 1 unspecified atom stereocenters. The maximum absolute atomic E-state index is 13.4. The van der Waals surface area contributed by atoms with Gasteiger partial charge < -0.3 is 4.90 Å². The summed E-state index contributed by atoms with van der Waals surface area (Å²) in [6, 6.07) is 8.24. The summed E-state index contributed by atoms with van der Waals surface area (Å²) in [6.45, 7) is 0.510. The van der Waals surface area contributed by atoms with E-state index < -0.39 is 17.7 Å². The molecule has 0 saturated carbocycles. The molecule has 1 atom stereocenters. The number of nitrogens with zero attached hydrogens (tertiary/aromatic N) is 2. The minimum absolute atomic E-state index is 0.171. The number of carbonyl (C=O) groups excluding carboxylic acids is 1. The maximum atomic E-state index is 13.4. The van der Waals surface area contributed by atoms with Gasteiger partial charge in [0, 0.05) is 45.0 Å². The third kappa shape index (κ3) is 6.41. The number of carbonyl (C=O) groups is 1. The molecule has 1 aromatic carbocycles. The minimum atomic E-state index is -0.660. The van der Waals surface area contributed by atoms with E-state index in [1.807, 2.05) is 18.2 Å². The second-order valence-corrected chi connectivity index (χ2v) is 6.36. The van der Waals surface area contributed by atoms with Gasteiger partial charge in [-0.25, -0.2) is 18.2 Å². The zero-order chi connectivity index (χ0) is 18.2. The topological polar surface area (TPSA) is 57.3 Å². The fraction of sp³-hybridized carbons (Fsp3) is 0.294. The van der Waals surface area contributed by atoms with Crippen LogP contribution in [0.5, 0.6) is 0 Å². The van der Waals surface area contributed by atoms with Crippen molar-refractivity contribution in [2.45, 2.75) is 19.0 Å². The third-order valence-corrected chi connectivity index (χ3v) is 4.04. The molecule has 25 heavy (non-hydrogen) atoms. The molecule has 0 aliphatic rings. The lowest BCUT2D eigenvalue weighted by Crippen LogP contribution is -2.43. The van der Waals surface area contributed by atoms with Crippen molar-refractivity contribution in [1.82, 2.24) is 19.3 Å².